The summed E-state index contributed by atoms with van der Waals surface area (Å²) in [4.78, 5) is 29.3. The Hall–Kier alpha value is 0.337. The van der Waals surface area contributed by atoms with Crippen LogP contribution in [-0.4, -0.2) is 71.1 Å². The van der Waals surface area contributed by atoms with Crippen LogP contribution >= 0.6 is 0 Å². The first-order valence-electron chi connectivity index (χ1n) is 3.03. The second-order valence-corrected chi connectivity index (χ2v) is 3.14. The number of hydrogen-bond acceptors (Lipinski definition) is 5. The van der Waals surface area contributed by atoms with Gasteiger partial charge in [-0.1, -0.05) is 18.2 Å². The van der Waals surface area contributed by atoms with Crippen LogP contribution in [0.1, 0.15) is 2.85 Å². The van der Waals surface area contributed by atoms with Gasteiger partial charge >= 0.3 is 46.8 Å². The number of rotatable bonds is 0. The van der Waals surface area contributed by atoms with Crippen LogP contribution in [0.3, 0.4) is 0 Å². The molecule has 0 bridgehead atoms. The zero-order valence-electron chi connectivity index (χ0n) is 8.83. The Kier molecular flexibility index (Phi) is 9.37. The first kappa shape index (κ1) is 15.8. The van der Waals surface area contributed by atoms with Gasteiger partial charge in [-0.25, -0.2) is 0 Å². The van der Waals surface area contributed by atoms with Crippen LogP contribution in [0.4, 0.5) is 0 Å². The van der Waals surface area contributed by atoms with E-state index in [9.17, 15) is 0 Å². The smallest absolute Gasteiger partial charge is 1.00 e. The largest absolute Gasteiger partial charge is 2.00 e. The van der Waals surface area contributed by atoms with Gasteiger partial charge in [-0.3, -0.25) is 0 Å². The second-order valence-electron chi connectivity index (χ2n) is 1.94. The molecule has 72 valence electrons. The molecule has 5 nitrogen and oxygen atoms in total. The van der Waals surface area contributed by atoms with E-state index < -0.39 is 9.05 Å². The average Bonchev–Trinajstić information content (AvgIpc) is 1.85. The van der Waals surface area contributed by atoms with Gasteiger partial charge in [0, 0.05) is 0 Å². The maximum atomic E-state index is 8.63. The van der Waals surface area contributed by atoms with Gasteiger partial charge in [0.25, 0.3) is 0 Å². The Bertz CT molecular complexity index is 215. The molecule has 0 aliphatic heterocycles. The summed E-state index contributed by atoms with van der Waals surface area (Å²) in [5, 5.41) is 8.63. The number of phenols is 1. The first-order valence-corrected chi connectivity index (χ1v) is 4.82. The molecule has 7 heteroatoms. The molecule has 0 spiro atoms. The van der Waals surface area contributed by atoms with Gasteiger partial charge in [0.1, 0.15) is 5.75 Å². The summed E-state index contributed by atoms with van der Waals surface area (Å²) in [6.45, 7) is 0. The molecule has 1 aromatic rings. The Morgan fingerprint density at radius 1 is 0.923 bits per heavy atom. The van der Waals surface area contributed by atoms with Crippen molar-refractivity contribution in [3.8, 4) is 5.75 Å². The molecular weight excluding hydrogens is 220 g/mol. The van der Waals surface area contributed by atoms with Crippen molar-refractivity contribution in [2.45, 2.75) is 0 Å². The summed E-state index contributed by atoms with van der Waals surface area (Å²) in [7, 11) is -4.61. The van der Waals surface area contributed by atoms with Crippen molar-refractivity contribution in [1.82, 2.24) is 0 Å². The normalized spacial score (nSPS) is 9.23. The van der Waals surface area contributed by atoms with Gasteiger partial charge in [-0.2, -0.15) is 0 Å². The monoisotopic (exact) mass is 232 g/mol. The molecule has 0 aliphatic rings. The molecule has 0 fully saturated rings. The van der Waals surface area contributed by atoms with Crippen molar-refractivity contribution < 1.29 is 27.1 Å². The quantitative estimate of drug-likeness (QED) is 0.355. The topological polar surface area (TPSA) is 101 Å². The van der Waals surface area contributed by atoms with E-state index >= 15 is 0 Å². The van der Waals surface area contributed by atoms with Crippen LogP contribution in [0.2, 0.25) is 0 Å². The van der Waals surface area contributed by atoms with Crippen LogP contribution in [-0.2, 0) is 0 Å². The van der Waals surface area contributed by atoms with E-state index in [1.165, 1.54) is 0 Å². The summed E-state index contributed by atoms with van der Waals surface area (Å²) < 4.78 is 0. The van der Waals surface area contributed by atoms with Gasteiger partial charge < -0.3 is 27.1 Å². The molecular formula is C6H12CaO5Si. The number of hydrogen-bond donors (Lipinski definition) is 5. The van der Waals surface area contributed by atoms with E-state index in [1.807, 2.05) is 6.07 Å². The number of phenolic OH excluding ortho intramolecular Hbond substituents is 1. The molecule has 0 aromatic heterocycles. The maximum Gasteiger partial charge on any atom is 2.00 e. The summed E-state index contributed by atoms with van der Waals surface area (Å²) in [5.74, 6) is 0.322. The number of para-hydroxylation sites is 1. The van der Waals surface area contributed by atoms with E-state index in [-0.39, 0.29) is 40.6 Å². The van der Waals surface area contributed by atoms with Gasteiger partial charge in [0.15, 0.2) is 0 Å². The van der Waals surface area contributed by atoms with Crippen LogP contribution < -0.4 is 0 Å². The number of aromatic hydroxyl groups is 1. The van der Waals surface area contributed by atoms with E-state index in [0.717, 1.165) is 0 Å². The molecule has 0 heterocycles. The molecule has 0 radical (unpaired) electrons. The minimum absolute atomic E-state index is 0. The van der Waals surface area contributed by atoms with Crippen molar-refractivity contribution in [2.75, 3.05) is 0 Å². The third kappa shape index (κ3) is 19.0. The molecule has 1 aromatic carbocycles. The van der Waals surface area contributed by atoms with Crippen LogP contribution in [0, 0.1) is 0 Å². The van der Waals surface area contributed by atoms with E-state index in [2.05, 4.69) is 0 Å². The Labute approximate surface area is 109 Å². The molecule has 0 atom stereocenters. The molecule has 0 amide bonds. The molecule has 0 unspecified atom stereocenters. The van der Waals surface area contributed by atoms with Crippen LogP contribution in [0.15, 0.2) is 30.3 Å². The first-order chi connectivity index (χ1) is 5.39. The second kappa shape index (κ2) is 7.71. The summed E-state index contributed by atoms with van der Waals surface area (Å²) >= 11 is 0. The van der Waals surface area contributed by atoms with Gasteiger partial charge in [0.2, 0.25) is 0 Å². The molecule has 0 aliphatic carbocycles. The van der Waals surface area contributed by atoms with Crippen molar-refractivity contribution in [2.24, 2.45) is 0 Å². The fraction of sp³-hybridized carbons (Fsp3) is 0. The average molecular weight is 232 g/mol. The molecule has 0 saturated carbocycles. The van der Waals surface area contributed by atoms with E-state index in [4.69, 9.17) is 24.3 Å². The van der Waals surface area contributed by atoms with Gasteiger partial charge in [0.05, 0.1) is 0 Å². The fourth-order valence-corrected chi connectivity index (χ4v) is 0.428. The summed E-state index contributed by atoms with van der Waals surface area (Å²) in [6.07, 6.45) is 0. The third-order valence-corrected chi connectivity index (χ3v) is 0.756. The molecule has 13 heavy (non-hydrogen) atoms. The zero-order chi connectivity index (χ0) is 9.61. The van der Waals surface area contributed by atoms with Crippen molar-refractivity contribution in [3.63, 3.8) is 0 Å². The summed E-state index contributed by atoms with van der Waals surface area (Å²) in [5.41, 5.74) is 0. The Morgan fingerprint density at radius 2 is 1.23 bits per heavy atom. The summed E-state index contributed by atoms with van der Waals surface area (Å²) in [6, 6.07) is 8.71. The third-order valence-electron chi connectivity index (χ3n) is 0.756. The Morgan fingerprint density at radius 3 is 1.38 bits per heavy atom. The van der Waals surface area contributed by atoms with Gasteiger partial charge in [-0.15, -0.1) is 0 Å². The molecule has 1 rings (SSSR count). The predicted molar refractivity (Wildman–Crippen MR) is 50.7 cm³/mol. The van der Waals surface area contributed by atoms with Crippen LogP contribution in [0.25, 0.3) is 0 Å². The van der Waals surface area contributed by atoms with Crippen LogP contribution in [0.5, 0.6) is 5.75 Å². The predicted octanol–water partition coefficient (Wildman–Crippen LogP) is -1.37. The van der Waals surface area contributed by atoms with E-state index in [0.29, 0.717) is 5.75 Å². The minimum Gasteiger partial charge on any atom is -1.00 e. The fourth-order valence-electron chi connectivity index (χ4n) is 0.428. The molecule has 5 N–H and O–H groups in total. The van der Waals surface area contributed by atoms with E-state index in [1.54, 1.807) is 24.3 Å². The van der Waals surface area contributed by atoms with Crippen molar-refractivity contribution >= 4 is 46.8 Å². The number of benzene rings is 1. The molecule has 0 saturated heterocycles. The maximum absolute atomic E-state index is 8.63. The SMILES string of the molecule is O[Si](O)(O)O.Oc1ccccc1.[Ca+2].[H-].[H-]. The van der Waals surface area contributed by atoms with Gasteiger partial charge in [-0.05, 0) is 12.1 Å². The minimum atomic E-state index is -4.61. The Balaban J connectivity index is -0.0000000701. The van der Waals surface area contributed by atoms with Crippen molar-refractivity contribution in [1.29, 1.82) is 0 Å². The zero-order valence-corrected chi connectivity index (χ0v) is 10.0. The van der Waals surface area contributed by atoms with Crippen molar-refractivity contribution in [3.05, 3.63) is 30.3 Å². The standard InChI is InChI=1S/C6H6O.Ca.H4O4Si.2H/c7-6-4-2-1-3-5-6;;1-5(2,3)4;;/h1-5,7H;;1-4H;;/q;+2;;2*-1.